The third-order valence-electron chi connectivity index (χ3n) is 29.1. The minimum absolute atomic E-state index is 0.00497. The number of aromatic nitrogens is 6. The molecule has 29 rings (SSSR count). The molecule has 614 valence electrons. The van der Waals surface area contributed by atoms with Crippen molar-refractivity contribution in [3.05, 3.63) is 506 Å². The van der Waals surface area contributed by atoms with Crippen LogP contribution in [0.4, 0.5) is 0 Å². The highest BCUT2D eigenvalue weighted by molar-refractivity contribution is 6.20. The maximum absolute atomic E-state index is 2.47. The van der Waals surface area contributed by atoms with Crippen molar-refractivity contribution in [3.63, 3.8) is 0 Å². The molecule has 6 nitrogen and oxygen atoms in total. The average Bonchev–Trinajstić information content (AvgIpc) is 1.54. The van der Waals surface area contributed by atoms with Crippen LogP contribution < -0.4 is 0 Å². The van der Waals surface area contributed by atoms with E-state index in [1.807, 2.05) is 0 Å². The highest BCUT2D eigenvalue weighted by Crippen LogP contribution is 2.58. The maximum atomic E-state index is 2.47. The molecule has 0 atom stereocenters. The molecule has 20 aromatic carbocycles. The van der Waals surface area contributed by atoms with Crippen LogP contribution in [-0.2, 0) is 17.3 Å². The fraction of sp³-hybridized carbons (Fsp3) is 0.0400. The molecule has 6 aromatic heterocycles. The largest absolute Gasteiger partial charge is 0.309 e. The van der Waals surface area contributed by atoms with Gasteiger partial charge < -0.3 is 27.4 Å². The standard InChI is InChI=1S/C49H32N2.C39H28N2.C37H24N2/c1-3-16-33(17-4-1)49(34-18-5-2-6-19-34)41-24-11-7-20-36(41)40-32-35(30-31-42(40)49)50-45-27-14-10-23-39(45)48-46(50)28-15-29-47(48)51-43-25-12-8-21-37(43)38-22-9-13-26-44(38)51;1-39(2)31-16-7-3-12-26(31)30-24-25(22-23-32(30)39)40-35-19-10-6-15-29(35)38-36(40)20-11-21-37(38)41-33-17-8-4-13-27(33)28-14-5-9-18-34(28)41;1-2-11-27-24(10-1)22-25-20-21-26(23-31(25)27)38-34-17-8-5-14-30(34)37-35(38)18-9-19-36(37)39-32-15-6-3-12-28(32)29-13-4-7-16-33(29)39/h1-32H;3-24H,1-2H3;1-21,23H,22H2. The lowest BCUT2D eigenvalue weighted by molar-refractivity contribution is 0.660. The Labute approximate surface area is 757 Å². The van der Waals surface area contributed by atoms with E-state index < -0.39 is 5.41 Å². The van der Waals surface area contributed by atoms with E-state index in [2.05, 4.69) is 502 Å². The highest BCUT2D eigenvalue weighted by Gasteiger charge is 2.46. The molecule has 0 unspecified atom stereocenters. The van der Waals surface area contributed by atoms with Crippen molar-refractivity contribution in [2.24, 2.45) is 0 Å². The van der Waals surface area contributed by atoms with Crippen LogP contribution in [0.2, 0.25) is 0 Å². The normalized spacial score (nSPS) is 13.2. The molecule has 0 saturated heterocycles. The number of fused-ring (bicyclic) bond motifs is 27. The van der Waals surface area contributed by atoms with Crippen LogP contribution in [-0.4, -0.2) is 27.4 Å². The minimum Gasteiger partial charge on any atom is -0.309 e. The van der Waals surface area contributed by atoms with Crippen LogP contribution in [0.5, 0.6) is 0 Å². The Bertz CT molecular complexity index is 9050. The van der Waals surface area contributed by atoms with E-state index in [-0.39, 0.29) is 5.41 Å². The molecule has 0 radical (unpaired) electrons. The quantitative estimate of drug-likeness (QED) is 0.145. The number of nitrogens with zero attached hydrogens (tertiary/aromatic N) is 6. The Kier molecular flexibility index (Phi) is 16.4. The zero-order valence-electron chi connectivity index (χ0n) is 72.3. The van der Waals surface area contributed by atoms with Gasteiger partial charge >= 0.3 is 0 Å². The summed E-state index contributed by atoms with van der Waals surface area (Å²) in [4.78, 5) is 0. The van der Waals surface area contributed by atoms with Crippen molar-refractivity contribution in [3.8, 4) is 67.5 Å². The number of benzene rings is 20. The first-order valence-electron chi connectivity index (χ1n) is 45.7. The van der Waals surface area contributed by atoms with Crippen molar-refractivity contribution in [1.29, 1.82) is 0 Å². The molecule has 3 aliphatic rings. The van der Waals surface area contributed by atoms with Gasteiger partial charge in [0.1, 0.15) is 0 Å². The number of para-hydroxylation sites is 9. The summed E-state index contributed by atoms with van der Waals surface area (Å²) >= 11 is 0. The van der Waals surface area contributed by atoms with E-state index >= 15 is 0 Å². The van der Waals surface area contributed by atoms with Crippen molar-refractivity contribution < 1.29 is 0 Å². The van der Waals surface area contributed by atoms with Crippen LogP contribution in [0.3, 0.4) is 0 Å². The summed E-state index contributed by atoms with van der Waals surface area (Å²) in [7, 11) is 0. The fourth-order valence-electron chi connectivity index (χ4n) is 23.6. The van der Waals surface area contributed by atoms with E-state index in [0.29, 0.717) is 0 Å². The van der Waals surface area contributed by atoms with E-state index in [0.717, 1.165) is 12.1 Å². The molecule has 0 bridgehead atoms. The maximum Gasteiger partial charge on any atom is 0.0713 e. The van der Waals surface area contributed by atoms with Crippen LogP contribution in [0.15, 0.2) is 461 Å². The molecule has 6 heterocycles. The van der Waals surface area contributed by atoms with Gasteiger partial charge in [-0.3, -0.25) is 0 Å². The summed E-state index contributed by atoms with van der Waals surface area (Å²) in [5.41, 5.74) is 40.2. The van der Waals surface area contributed by atoms with Crippen LogP contribution in [0.25, 0.3) is 198 Å². The molecule has 0 saturated carbocycles. The van der Waals surface area contributed by atoms with Crippen LogP contribution in [0.1, 0.15) is 58.4 Å². The van der Waals surface area contributed by atoms with E-state index in [4.69, 9.17) is 0 Å². The summed E-state index contributed by atoms with van der Waals surface area (Å²) in [6.07, 6.45) is 1.01. The Balaban J connectivity index is 0.000000102. The number of hydrogen-bond acceptors (Lipinski definition) is 0. The van der Waals surface area contributed by atoms with Crippen molar-refractivity contribution >= 4 is 131 Å². The number of hydrogen-bond donors (Lipinski definition) is 0. The van der Waals surface area contributed by atoms with Crippen LogP contribution >= 0.6 is 0 Å². The second-order valence-corrected chi connectivity index (χ2v) is 36.0. The van der Waals surface area contributed by atoms with Gasteiger partial charge in [-0.2, -0.15) is 0 Å². The predicted octanol–water partition coefficient (Wildman–Crippen LogP) is 31.9. The Morgan fingerprint density at radius 3 is 0.832 bits per heavy atom. The first-order valence-corrected chi connectivity index (χ1v) is 45.7. The zero-order valence-corrected chi connectivity index (χ0v) is 72.3. The van der Waals surface area contributed by atoms with Gasteiger partial charge in [-0.05, 0) is 212 Å². The summed E-state index contributed by atoms with van der Waals surface area (Å²) in [5, 5.41) is 15.3. The third-order valence-corrected chi connectivity index (χ3v) is 29.1. The van der Waals surface area contributed by atoms with Gasteiger partial charge in [0.15, 0.2) is 0 Å². The van der Waals surface area contributed by atoms with Crippen LogP contribution in [0, 0.1) is 0 Å². The molecule has 26 aromatic rings. The monoisotopic (exact) mass is 1670 g/mol. The SMILES string of the molecule is CC1(C)c2ccccc2-c2cc(-n3c4ccccc4c4c(-n5c6ccccc6c6ccccc65)cccc43)ccc21.c1ccc(C2(c3ccccc3)c3ccccc3-c3cc(-n4c5ccccc5c5c(-n6c7ccccc7c7ccccc76)cccc54)ccc32)cc1.c1ccc2c(c1)Cc1ccc(-n3c4ccccc4c4c(-n5c6ccccc6c6ccccc65)cccc43)cc1-2. The van der Waals surface area contributed by atoms with Gasteiger partial charge in [-0.25, -0.2) is 0 Å². The summed E-state index contributed by atoms with van der Waals surface area (Å²) in [6.45, 7) is 4.69. The molecule has 3 aliphatic carbocycles. The summed E-state index contributed by atoms with van der Waals surface area (Å²) in [5.74, 6) is 0. The first-order chi connectivity index (χ1) is 64.8. The molecule has 0 N–H and O–H groups in total. The Hall–Kier alpha value is -16.8. The van der Waals surface area contributed by atoms with E-state index in [1.54, 1.807) is 0 Å². The van der Waals surface area contributed by atoms with E-state index in [1.165, 1.54) is 237 Å². The van der Waals surface area contributed by atoms with Crippen molar-refractivity contribution in [2.45, 2.75) is 31.1 Å². The van der Waals surface area contributed by atoms with Gasteiger partial charge in [0.05, 0.1) is 88.7 Å². The molecule has 131 heavy (non-hydrogen) atoms. The molecule has 0 aliphatic heterocycles. The topological polar surface area (TPSA) is 29.6 Å². The van der Waals surface area contributed by atoms with E-state index in [9.17, 15) is 0 Å². The fourth-order valence-corrected chi connectivity index (χ4v) is 23.6. The van der Waals surface area contributed by atoms with Gasteiger partial charge in [0.2, 0.25) is 0 Å². The molecule has 0 amide bonds. The van der Waals surface area contributed by atoms with Gasteiger partial charge in [-0.15, -0.1) is 0 Å². The Morgan fingerprint density at radius 2 is 0.435 bits per heavy atom. The third kappa shape index (κ3) is 10.8. The lowest BCUT2D eigenvalue weighted by Gasteiger charge is -2.33. The molecule has 6 heteroatoms. The Morgan fingerprint density at radius 1 is 0.176 bits per heavy atom. The van der Waals surface area contributed by atoms with Gasteiger partial charge in [-0.1, -0.05) is 347 Å². The van der Waals surface area contributed by atoms with Crippen molar-refractivity contribution in [2.75, 3.05) is 0 Å². The zero-order chi connectivity index (χ0) is 86.3. The highest BCUT2D eigenvalue weighted by atomic mass is 15.0. The predicted molar refractivity (Wildman–Crippen MR) is 548 cm³/mol. The average molecular weight is 1670 g/mol. The first kappa shape index (κ1) is 74.4. The molecular formula is C125H84N6. The molecule has 0 fully saturated rings. The van der Waals surface area contributed by atoms with Crippen molar-refractivity contribution in [1.82, 2.24) is 27.4 Å². The second-order valence-electron chi connectivity index (χ2n) is 36.0. The molecular weight excluding hydrogens is 1590 g/mol. The van der Waals surface area contributed by atoms with Gasteiger partial charge in [0.25, 0.3) is 0 Å². The second kappa shape index (κ2) is 28.9. The molecule has 0 spiro atoms. The summed E-state index contributed by atoms with van der Waals surface area (Å²) in [6, 6.07) is 169. The van der Waals surface area contributed by atoms with Gasteiger partial charge in [0, 0.05) is 87.1 Å². The number of rotatable bonds is 8. The summed E-state index contributed by atoms with van der Waals surface area (Å²) < 4.78 is 14.7. The smallest absolute Gasteiger partial charge is 0.0713 e. The minimum atomic E-state index is -0.419. The lowest BCUT2D eigenvalue weighted by atomic mass is 9.68. The lowest BCUT2D eigenvalue weighted by Crippen LogP contribution is -2.28.